The molecule has 1 atom stereocenters. The molecule has 1 heterocycles. The molecule has 3 rings (SSSR count). The molecule has 2 aromatic carbocycles. The fourth-order valence-corrected chi connectivity index (χ4v) is 3.40. The molecule has 0 radical (unpaired) electrons. The highest BCUT2D eigenvalue weighted by molar-refractivity contribution is 8.00. The van der Waals surface area contributed by atoms with Crippen molar-refractivity contribution in [3.63, 3.8) is 0 Å². The molecule has 0 aromatic heterocycles. The second-order valence-electron chi connectivity index (χ2n) is 4.59. The van der Waals surface area contributed by atoms with Gasteiger partial charge in [-0.05, 0) is 36.6 Å². The normalized spacial score (nSPS) is 16.4. The van der Waals surface area contributed by atoms with Gasteiger partial charge in [0, 0.05) is 23.1 Å². The van der Waals surface area contributed by atoms with E-state index in [4.69, 9.17) is 0 Å². The minimum absolute atomic E-state index is 0.547. The van der Waals surface area contributed by atoms with E-state index in [-0.39, 0.29) is 0 Å². The summed E-state index contributed by atoms with van der Waals surface area (Å²) in [5.41, 5.74) is 4.24. The van der Waals surface area contributed by atoms with Gasteiger partial charge in [0.25, 0.3) is 0 Å². The van der Waals surface area contributed by atoms with E-state index in [9.17, 15) is 5.11 Å². The number of fused-ring (bicyclic) bond motifs is 2. The number of aryl methyl sites for hydroxylation is 1. The van der Waals surface area contributed by atoms with Gasteiger partial charge in [-0.1, -0.05) is 44.2 Å². The first kappa shape index (κ1) is 14.9. The topological polar surface area (TPSA) is 23.5 Å². The summed E-state index contributed by atoms with van der Waals surface area (Å²) in [4.78, 5) is 1.13. The first-order valence-corrected chi connectivity index (χ1v) is 7.73. The lowest BCUT2D eigenvalue weighted by molar-refractivity contribution is 0.218. The van der Waals surface area contributed by atoms with E-state index in [0.29, 0.717) is 0 Å². The maximum atomic E-state index is 10.6. The lowest BCUT2D eigenvalue weighted by atomic mass is 9.99. The van der Waals surface area contributed by atoms with Gasteiger partial charge in [-0.2, -0.15) is 0 Å². The molecule has 3 heteroatoms. The smallest absolute Gasteiger partial charge is 0.107 e. The first-order valence-electron chi connectivity index (χ1n) is 6.96. The highest BCUT2D eigenvalue weighted by Gasteiger charge is 2.24. The van der Waals surface area contributed by atoms with Crippen LogP contribution in [-0.4, -0.2) is 12.2 Å². The van der Waals surface area contributed by atoms with Gasteiger partial charge in [0.1, 0.15) is 6.10 Å². The van der Waals surface area contributed by atoms with Crippen molar-refractivity contribution in [1.29, 1.82) is 0 Å². The summed E-state index contributed by atoms with van der Waals surface area (Å²) >= 11 is 1.67. The molecule has 0 spiro atoms. The quantitative estimate of drug-likeness (QED) is 0.719. The number of hydrogen-bond donors (Lipinski definition) is 1. The van der Waals surface area contributed by atoms with Crippen molar-refractivity contribution in [1.82, 2.24) is 0 Å². The van der Waals surface area contributed by atoms with Crippen LogP contribution >= 0.6 is 11.9 Å². The molecule has 1 unspecified atom stereocenters. The van der Waals surface area contributed by atoms with Gasteiger partial charge in [0.05, 0.1) is 5.69 Å². The molecule has 0 saturated heterocycles. The van der Waals surface area contributed by atoms with Gasteiger partial charge < -0.3 is 9.41 Å². The monoisotopic (exact) mass is 287 g/mol. The molecular formula is C17H21NOS. The van der Waals surface area contributed by atoms with Crippen LogP contribution in [0.3, 0.4) is 0 Å². The minimum Gasteiger partial charge on any atom is -0.384 e. The summed E-state index contributed by atoms with van der Waals surface area (Å²) < 4.78 is 2.11. The summed E-state index contributed by atoms with van der Waals surface area (Å²) in [6.45, 7) is 6.07. The minimum atomic E-state index is -0.547. The molecule has 0 amide bonds. The predicted octanol–water partition coefficient (Wildman–Crippen LogP) is 4.56. The van der Waals surface area contributed by atoms with Crippen molar-refractivity contribution < 1.29 is 5.11 Å². The number of anilines is 1. The summed E-state index contributed by atoms with van der Waals surface area (Å²) in [6.07, 6.45) is -0.547. The van der Waals surface area contributed by atoms with Crippen LogP contribution < -0.4 is 4.31 Å². The van der Waals surface area contributed by atoms with Crippen LogP contribution in [0.15, 0.2) is 47.4 Å². The van der Waals surface area contributed by atoms with Crippen LogP contribution in [0, 0.1) is 6.92 Å². The summed E-state index contributed by atoms with van der Waals surface area (Å²) in [5, 5.41) is 10.6. The fraction of sp³-hybridized carbons (Fsp3) is 0.294. The lowest BCUT2D eigenvalue weighted by Gasteiger charge is -2.18. The van der Waals surface area contributed by atoms with Crippen molar-refractivity contribution >= 4 is 17.6 Å². The molecule has 1 aliphatic rings. The van der Waals surface area contributed by atoms with E-state index >= 15 is 0 Å². The number of aliphatic hydroxyl groups excluding tert-OH is 1. The fourth-order valence-electron chi connectivity index (χ4n) is 2.32. The number of aliphatic hydroxyl groups is 1. The van der Waals surface area contributed by atoms with Crippen molar-refractivity contribution in [2.75, 3.05) is 11.4 Å². The van der Waals surface area contributed by atoms with Crippen molar-refractivity contribution in [2.45, 2.75) is 31.8 Å². The van der Waals surface area contributed by atoms with Gasteiger partial charge in [0.2, 0.25) is 0 Å². The number of hydrogen-bond acceptors (Lipinski definition) is 3. The highest BCUT2D eigenvalue weighted by atomic mass is 32.2. The van der Waals surface area contributed by atoms with E-state index < -0.39 is 6.10 Å². The maximum Gasteiger partial charge on any atom is 0.107 e. The van der Waals surface area contributed by atoms with Gasteiger partial charge in [-0.25, -0.2) is 0 Å². The second-order valence-corrected chi connectivity index (χ2v) is 5.76. The molecular weight excluding hydrogens is 266 g/mol. The molecule has 0 fully saturated rings. The summed E-state index contributed by atoms with van der Waals surface area (Å²) in [7, 11) is 2.04. The van der Waals surface area contributed by atoms with Crippen molar-refractivity contribution in [3.8, 4) is 0 Å². The molecule has 0 bridgehead atoms. The molecule has 0 saturated carbocycles. The van der Waals surface area contributed by atoms with Crippen LogP contribution in [0.4, 0.5) is 5.69 Å². The van der Waals surface area contributed by atoms with Gasteiger partial charge in [0.15, 0.2) is 0 Å². The van der Waals surface area contributed by atoms with Crippen molar-refractivity contribution in [2.24, 2.45) is 0 Å². The zero-order valence-electron chi connectivity index (χ0n) is 12.4. The Kier molecular flexibility index (Phi) is 4.73. The average Bonchev–Trinajstić information content (AvgIpc) is 2.58. The molecule has 1 aliphatic heterocycles. The van der Waals surface area contributed by atoms with E-state index in [0.717, 1.165) is 21.7 Å². The largest absolute Gasteiger partial charge is 0.384 e. The van der Waals surface area contributed by atoms with Gasteiger partial charge in [-0.15, -0.1) is 0 Å². The number of benzene rings is 2. The Morgan fingerprint density at radius 3 is 2.50 bits per heavy atom. The zero-order chi connectivity index (χ0) is 14.7. The predicted molar refractivity (Wildman–Crippen MR) is 87.3 cm³/mol. The molecule has 20 heavy (non-hydrogen) atoms. The third-order valence-electron chi connectivity index (χ3n) is 3.27. The number of rotatable bonds is 0. The van der Waals surface area contributed by atoms with E-state index in [1.54, 1.807) is 11.9 Å². The zero-order valence-corrected chi connectivity index (χ0v) is 13.2. The Hall–Kier alpha value is -1.45. The first-order chi connectivity index (χ1) is 9.66. The second kappa shape index (κ2) is 6.33. The van der Waals surface area contributed by atoms with Crippen LogP contribution in [0.5, 0.6) is 0 Å². The number of nitrogens with zero attached hydrogens (tertiary/aromatic N) is 1. The highest BCUT2D eigenvalue weighted by Crippen LogP contribution is 2.42. The van der Waals surface area contributed by atoms with Crippen LogP contribution in [0.1, 0.15) is 36.6 Å². The molecule has 0 aliphatic carbocycles. The molecule has 2 aromatic rings. The lowest BCUT2D eigenvalue weighted by Crippen LogP contribution is -2.07. The summed E-state index contributed by atoms with van der Waals surface area (Å²) in [6, 6.07) is 14.2. The van der Waals surface area contributed by atoms with Gasteiger partial charge in [-0.3, -0.25) is 0 Å². The average molecular weight is 287 g/mol. The third-order valence-corrected chi connectivity index (χ3v) is 4.29. The molecule has 2 nitrogen and oxygen atoms in total. The van der Waals surface area contributed by atoms with Gasteiger partial charge >= 0.3 is 0 Å². The Labute approximate surface area is 125 Å². The molecule has 106 valence electrons. The van der Waals surface area contributed by atoms with Crippen LogP contribution in [-0.2, 0) is 0 Å². The molecule has 1 N–H and O–H groups in total. The Balaban J connectivity index is 0.000000704. The van der Waals surface area contributed by atoms with E-state index in [2.05, 4.69) is 23.4 Å². The van der Waals surface area contributed by atoms with Crippen LogP contribution in [0.25, 0.3) is 0 Å². The SMILES string of the molecule is CC.Cc1ccc2c(c1)SN(C)c1ccccc1C2O. The summed E-state index contributed by atoms with van der Waals surface area (Å²) in [5.74, 6) is 0. The van der Waals surface area contributed by atoms with Crippen molar-refractivity contribution in [3.05, 3.63) is 59.2 Å². The van der Waals surface area contributed by atoms with Crippen LogP contribution in [0.2, 0.25) is 0 Å². The van der Waals surface area contributed by atoms with E-state index in [1.807, 2.05) is 51.2 Å². The Morgan fingerprint density at radius 1 is 1.05 bits per heavy atom. The van der Waals surface area contributed by atoms with E-state index in [1.165, 1.54) is 5.56 Å². The Bertz CT molecular complexity index is 597. The number of para-hydroxylation sites is 1. The standard InChI is InChI=1S/C15H15NOS.C2H6/c1-10-7-8-12-14(9-10)18-16(2)13-6-4-3-5-11(13)15(12)17;1-2/h3-9,15,17H,1-2H3;1-2H3. The maximum absolute atomic E-state index is 10.6. The Morgan fingerprint density at radius 2 is 1.75 bits per heavy atom. The third kappa shape index (κ3) is 2.69.